The summed E-state index contributed by atoms with van der Waals surface area (Å²) >= 11 is 0. The van der Waals surface area contributed by atoms with Crippen LogP contribution in [-0.4, -0.2) is 46.9 Å². The fourth-order valence-electron chi connectivity index (χ4n) is 3.20. The van der Waals surface area contributed by atoms with E-state index in [1.54, 1.807) is 6.92 Å². The van der Waals surface area contributed by atoms with Gasteiger partial charge in [0.05, 0.1) is 21.0 Å². The first-order valence-corrected chi connectivity index (χ1v) is 11.2. The van der Waals surface area contributed by atoms with Crippen LogP contribution in [0.3, 0.4) is 0 Å². The number of ether oxygens (including phenoxy) is 1. The third kappa shape index (κ3) is 3.15. The molecule has 4 atom stereocenters. The molecule has 1 unspecified atom stereocenters. The summed E-state index contributed by atoms with van der Waals surface area (Å²) in [4.78, 5) is 26.3. The van der Waals surface area contributed by atoms with Crippen LogP contribution in [0, 0.1) is 12.3 Å². The van der Waals surface area contributed by atoms with Crippen LogP contribution in [0.5, 0.6) is 0 Å². The van der Waals surface area contributed by atoms with Crippen molar-refractivity contribution in [2.45, 2.75) is 70.9 Å². The molecule has 1 fully saturated rings. The number of aliphatic hydroxyl groups is 2. The van der Waals surface area contributed by atoms with E-state index in [0.29, 0.717) is 5.56 Å². The van der Waals surface area contributed by atoms with Crippen LogP contribution in [0.4, 0.5) is 0 Å². The standard InChI is InChI=1S/C16H28N2O5Si/c1-9-8-18(14(22)17-13(9)21)16(24(5)6)7-10(19)11(23-16)12(20)15(2,3)4/h8,10-12,19-20,24H,7H2,1-6H3,(H,17,21,22)/t10-,11-,12?,16-/m0/s1. The molecule has 0 amide bonds. The number of rotatable bonds is 3. The number of aryl methyl sites for hydroxylation is 1. The van der Waals surface area contributed by atoms with Crippen LogP contribution >= 0.6 is 0 Å². The van der Waals surface area contributed by atoms with E-state index in [1.807, 2.05) is 33.9 Å². The Morgan fingerprint density at radius 3 is 2.50 bits per heavy atom. The third-order valence-electron chi connectivity index (χ3n) is 4.85. The first kappa shape index (κ1) is 19.1. The zero-order chi connectivity index (χ0) is 18.4. The quantitative estimate of drug-likeness (QED) is 0.666. The summed E-state index contributed by atoms with van der Waals surface area (Å²) in [5.41, 5.74) is -1.04. The summed E-state index contributed by atoms with van der Waals surface area (Å²) in [5.74, 6) is 0. The van der Waals surface area contributed by atoms with E-state index in [9.17, 15) is 19.8 Å². The fraction of sp³-hybridized carbons (Fsp3) is 0.750. The van der Waals surface area contributed by atoms with Gasteiger partial charge in [-0.3, -0.25) is 14.3 Å². The maximum Gasteiger partial charge on any atom is 0.330 e. The molecule has 1 aromatic heterocycles. The number of nitrogens with one attached hydrogen (secondary N) is 1. The third-order valence-corrected chi connectivity index (χ3v) is 7.30. The molecule has 136 valence electrons. The molecule has 1 aliphatic rings. The van der Waals surface area contributed by atoms with Crippen molar-refractivity contribution >= 4 is 8.80 Å². The highest BCUT2D eigenvalue weighted by molar-refractivity contribution is 6.58. The largest absolute Gasteiger partial charge is 0.390 e. The Balaban J connectivity index is 2.54. The monoisotopic (exact) mass is 356 g/mol. The lowest BCUT2D eigenvalue weighted by Crippen LogP contribution is -2.53. The van der Waals surface area contributed by atoms with Gasteiger partial charge in [-0.1, -0.05) is 33.9 Å². The second-order valence-electron chi connectivity index (χ2n) is 8.11. The van der Waals surface area contributed by atoms with Gasteiger partial charge in [0.1, 0.15) is 11.5 Å². The topological polar surface area (TPSA) is 105 Å². The summed E-state index contributed by atoms with van der Waals surface area (Å²) in [6.45, 7) is 11.3. The summed E-state index contributed by atoms with van der Waals surface area (Å²) in [5, 5.41) is 20.1. The second-order valence-corrected chi connectivity index (χ2v) is 11.3. The minimum Gasteiger partial charge on any atom is -0.390 e. The van der Waals surface area contributed by atoms with Gasteiger partial charge in [-0.2, -0.15) is 0 Å². The van der Waals surface area contributed by atoms with E-state index < -0.39 is 49.1 Å². The minimum absolute atomic E-state index is 0.222. The van der Waals surface area contributed by atoms with Gasteiger partial charge in [0.15, 0.2) is 0 Å². The van der Waals surface area contributed by atoms with E-state index in [1.165, 1.54) is 10.8 Å². The molecule has 0 bridgehead atoms. The van der Waals surface area contributed by atoms with Crippen molar-refractivity contribution in [3.63, 3.8) is 0 Å². The Morgan fingerprint density at radius 2 is 2.00 bits per heavy atom. The van der Waals surface area contributed by atoms with Crippen molar-refractivity contribution in [2.75, 3.05) is 0 Å². The Kier molecular flexibility index (Phi) is 4.98. The minimum atomic E-state index is -1.67. The van der Waals surface area contributed by atoms with Gasteiger partial charge in [-0.25, -0.2) is 4.79 Å². The SMILES string of the molecule is Cc1cn([C@@]2([SiH](C)C)C[C@H](O)[C@@H](C(O)C(C)(C)C)O2)c(=O)[nH]c1=O. The normalized spacial score (nSPS) is 29.2. The average molecular weight is 356 g/mol. The molecule has 24 heavy (non-hydrogen) atoms. The lowest BCUT2D eigenvalue weighted by molar-refractivity contribution is -0.132. The predicted octanol–water partition coefficient (Wildman–Crippen LogP) is 0.0805. The highest BCUT2D eigenvalue weighted by Crippen LogP contribution is 2.40. The summed E-state index contributed by atoms with van der Waals surface area (Å²) < 4.78 is 7.58. The summed E-state index contributed by atoms with van der Waals surface area (Å²) in [6, 6.07) is 0. The van der Waals surface area contributed by atoms with Gasteiger partial charge in [0.25, 0.3) is 5.56 Å². The Hall–Kier alpha value is -1.22. The maximum atomic E-state index is 12.4. The highest BCUT2D eigenvalue weighted by atomic mass is 28.3. The molecule has 3 N–H and O–H groups in total. The molecule has 0 aromatic carbocycles. The van der Waals surface area contributed by atoms with E-state index in [0.717, 1.165) is 0 Å². The molecule has 2 heterocycles. The number of aliphatic hydroxyl groups excluding tert-OH is 2. The molecule has 2 rings (SSSR count). The number of hydrogen-bond acceptors (Lipinski definition) is 5. The van der Waals surface area contributed by atoms with Crippen molar-refractivity contribution in [3.8, 4) is 0 Å². The van der Waals surface area contributed by atoms with Crippen molar-refractivity contribution in [1.82, 2.24) is 9.55 Å². The van der Waals surface area contributed by atoms with Gasteiger partial charge in [-0.05, 0) is 12.3 Å². The number of aromatic nitrogens is 2. The second kappa shape index (κ2) is 6.25. The Bertz CT molecular complexity index is 720. The van der Waals surface area contributed by atoms with Crippen LogP contribution in [0.1, 0.15) is 32.8 Å². The molecular weight excluding hydrogens is 328 g/mol. The molecule has 0 spiro atoms. The smallest absolute Gasteiger partial charge is 0.330 e. The molecule has 0 saturated carbocycles. The van der Waals surface area contributed by atoms with Crippen molar-refractivity contribution < 1.29 is 14.9 Å². The molecule has 1 aromatic rings. The predicted molar refractivity (Wildman–Crippen MR) is 93.9 cm³/mol. The van der Waals surface area contributed by atoms with E-state index in [4.69, 9.17) is 4.74 Å². The van der Waals surface area contributed by atoms with Crippen molar-refractivity contribution in [3.05, 3.63) is 32.6 Å². The molecule has 1 saturated heterocycles. The van der Waals surface area contributed by atoms with Gasteiger partial charge < -0.3 is 14.9 Å². The Labute approximate surface area is 142 Å². The van der Waals surface area contributed by atoms with Crippen molar-refractivity contribution in [2.24, 2.45) is 5.41 Å². The molecule has 1 aliphatic heterocycles. The van der Waals surface area contributed by atoms with Crippen LogP contribution in [-0.2, 0) is 10.1 Å². The van der Waals surface area contributed by atoms with Gasteiger partial charge >= 0.3 is 5.69 Å². The van der Waals surface area contributed by atoms with Crippen LogP contribution in [0.15, 0.2) is 15.8 Å². The summed E-state index contributed by atoms with van der Waals surface area (Å²) in [6.07, 6.45) is -0.818. The van der Waals surface area contributed by atoms with Crippen LogP contribution in [0.2, 0.25) is 13.1 Å². The molecular formula is C16H28N2O5Si. The number of hydrogen-bond donors (Lipinski definition) is 3. The van der Waals surface area contributed by atoms with Gasteiger partial charge in [-0.15, -0.1) is 0 Å². The molecule has 7 nitrogen and oxygen atoms in total. The maximum absolute atomic E-state index is 12.4. The lowest BCUT2D eigenvalue weighted by Gasteiger charge is -2.37. The number of nitrogens with zero attached hydrogens (tertiary/aromatic N) is 1. The molecule has 0 aliphatic carbocycles. The van der Waals surface area contributed by atoms with E-state index in [2.05, 4.69) is 4.98 Å². The highest BCUT2D eigenvalue weighted by Gasteiger charge is 2.53. The van der Waals surface area contributed by atoms with Gasteiger partial charge in [0.2, 0.25) is 0 Å². The fourth-order valence-corrected chi connectivity index (χ4v) is 5.09. The first-order chi connectivity index (χ1) is 10.9. The van der Waals surface area contributed by atoms with Crippen LogP contribution in [0.25, 0.3) is 0 Å². The molecule has 0 radical (unpaired) electrons. The zero-order valence-corrected chi connectivity index (χ0v) is 16.3. The summed E-state index contributed by atoms with van der Waals surface area (Å²) in [7, 11) is -1.67. The van der Waals surface area contributed by atoms with E-state index in [-0.39, 0.29) is 6.42 Å². The first-order valence-electron chi connectivity index (χ1n) is 8.27. The lowest BCUT2D eigenvalue weighted by atomic mass is 9.84. The van der Waals surface area contributed by atoms with E-state index >= 15 is 0 Å². The Morgan fingerprint density at radius 1 is 1.42 bits per heavy atom. The zero-order valence-electron chi connectivity index (χ0n) is 15.2. The molecule has 8 heteroatoms. The van der Waals surface area contributed by atoms with Gasteiger partial charge in [0, 0.05) is 18.2 Å². The average Bonchev–Trinajstić information content (AvgIpc) is 2.79. The van der Waals surface area contributed by atoms with Crippen LogP contribution < -0.4 is 11.2 Å². The van der Waals surface area contributed by atoms with Crippen molar-refractivity contribution in [1.29, 1.82) is 0 Å². The number of H-pyrrole nitrogens is 1. The number of aromatic amines is 1.